The Kier molecular flexibility index (Phi) is 6.21. The zero-order chi connectivity index (χ0) is 17.8. The Bertz CT molecular complexity index is 877. The highest BCUT2D eigenvalue weighted by molar-refractivity contribution is 9.10. The average molecular weight is 421 g/mol. The molecule has 0 heterocycles. The van der Waals surface area contributed by atoms with Gasteiger partial charge in [0, 0.05) is 26.8 Å². The molecule has 0 bridgehead atoms. The summed E-state index contributed by atoms with van der Waals surface area (Å²) in [6.45, 7) is 8.31. The highest BCUT2D eigenvalue weighted by atomic mass is 79.9. The SMILES string of the molecule is CCN(CC)CCCOc1c2ccc(Br)cc2cc2ccc(Cl)cc12. The molecule has 0 aliphatic rings. The molecule has 0 aliphatic heterocycles. The third-order valence-corrected chi connectivity index (χ3v) is 5.32. The summed E-state index contributed by atoms with van der Waals surface area (Å²) in [6.07, 6.45) is 1.01. The topological polar surface area (TPSA) is 12.5 Å². The molecule has 25 heavy (non-hydrogen) atoms. The van der Waals surface area contributed by atoms with Crippen LogP contribution in [0.2, 0.25) is 5.02 Å². The number of benzene rings is 3. The maximum atomic E-state index is 6.27. The van der Waals surface area contributed by atoms with E-state index in [9.17, 15) is 0 Å². The molecule has 0 unspecified atom stereocenters. The first kappa shape index (κ1) is 18.5. The molecule has 0 atom stereocenters. The van der Waals surface area contributed by atoms with Crippen LogP contribution >= 0.6 is 27.5 Å². The van der Waals surface area contributed by atoms with Gasteiger partial charge in [-0.25, -0.2) is 0 Å². The maximum Gasteiger partial charge on any atom is 0.134 e. The predicted octanol–water partition coefficient (Wildman–Crippen LogP) is 6.52. The van der Waals surface area contributed by atoms with E-state index in [1.165, 1.54) is 5.39 Å². The molecule has 0 N–H and O–H groups in total. The quantitative estimate of drug-likeness (QED) is 0.319. The predicted molar refractivity (Wildman–Crippen MR) is 112 cm³/mol. The fourth-order valence-corrected chi connectivity index (χ4v) is 3.73. The molecule has 3 aromatic carbocycles. The molecular weight excluding hydrogens is 398 g/mol. The van der Waals surface area contributed by atoms with Crippen molar-refractivity contribution in [3.8, 4) is 5.75 Å². The van der Waals surface area contributed by atoms with Crippen LogP contribution in [0.5, 0.6) is 5.75 Å². The number of ether oxygens (including phenoxy) is 1. The van der Waals surface area contributed by atoms with Crippen molar-refractivity contribution in [2.75, 3.05) is 26.2 Å². The summed E-state index contributed by atoms with van der Waals surface area (Å²) in [5.41, 5.74) is 0. The van der Waals surface area contributed by atoms with Gasteiger partial charge in [-0.3, -0.25) is 0 Å². The number of fused-ring (bicyclic) bond motifs is 2. The van der Waals surface area contributed by atoms with Gasteiger partial charge in [0.15, 0.2) is 0 Å². The number of rotatable bonds is 7. The minimum Gasteiger partial charge on any atom is -0.492 e. The lowest BCUT2D eigenvalue weighted by Crippen LogP contribution is -2.25. The molecule has 0 saturated heterocycles. The van der Waals surface area contributed by atoms with Gasteiger partial charge in [0.05, 0.1) is 6.61 Å². The largest absolute Gasteiger partial charge is 0.492 e. The van der Waals surface area contributed by atoms with E-state index in [1.54, 1.807) is 0 Å². The van der Waals surface area contributed by atoms with E-state index >= 15 is 0 Å². The van der Waals surface area contributed by atoms with E-state index in [0.717, 1.165) is 57.5 Å². The Morgan fingerprint density at radius 1 is 0.960 bits per heavy atom. The summed E-state index contributed by atoms with van der Waals surface area (Å²) >= 11 is 9.80. The van der Waals surface area contributed by atoms with Crippen LogP contribution in [0, 0.1) is 0 Å². The molecule has 0 radical (unpaired) electrons. The molecule has 3 rings (SSSR count). The maximum absolute atomic E-state index is 6.27. The van der Waals surface area contributed by atoms with E-state index in [-0.39, 0.29) is 0 Å². The summed E-state index contributed by atoms with van der Waals surface area (Å²) in [5.74, 6) is 0.932. The van der Waals surface area contributed by atoms with Crippen LogP contribution < -0.4 is 4.74 Å². The third kappa shape index (κ3) is 4.28. The minimum absolute atomic E-state index is 0.702. The van der Waals surface area contributed by atoms with Gasteiger partial charge in [0.1, 0.15) is 5.75 Å². The average Bonchev–Trinajstić information content (AvgIpc) is 2.61. The Labute approximate surface area is 162 Å². The molecule has 0 spiro atoms. The summed E-state index contributed by atoms with van der Waals surface area (Å²) in [5, 5.41) is 5.25. The van der Waals surface area contributed by atoms with Gasteiger partial charge in [-0.05, 0) is 66.7 Å². The summed E-state index contributed by atoms with van der Waals surface area (Å²) in [4.78, 5) is 2.42. The van der Waals surface area contributed by atoms with Crippen molar-refractivity contribution in [3.63, 3.8) is 0 Å². The molecule has 0 aromatic heterocycles. The highest BCUT2D eigenvalue weighted by Crippen LogP contribution is 2.37. The van der Waals surface area contributed by atoms with E-state index in [0.29, 0.717) is 6.61 Å². The van der Waals surface area contributed by atoms with Crippen LogP contribution in [-0.4, -0.2) is 31.1 Å². The van der Waals surface area contributed by atoms with Gasteiger partial charge in [-0.15, -0.1) is 0 Å². The summed E-state index contributed by atoms with van der Waals surface area (Å²) < 4.78 is 7.34. The number of halogens is 2. The monoisotopic (exact) mass is 419 g/mol. The smallest absolute Gasteiger partial charge is 0.134 e. The van der Waals surface area contributed by atoms with Crippen LogP contribution in [0.4, 0.5) is 0 Å². The van der Waals surface area contributed by atoms with Crippen molar-refractivity contribution in [3.05, 3.63) is 52.0 Å². The van der Waals surface area contributed by atoms with Crippen molar-refractivity contribution >= 4 is 49.1 Å². The van der Waals surface area contributed by atoms with Crippen LogP contribution in [-0.2, 0) is 0 Å². The second-order valence-corrected chi connectivity index (χ2v) is 7.52. The first-order valence-corrected chi connectivity index (χ1v) is 9.96. The van der Waals surface area contributed by atoms with Crippen LogP contribution in [0.25, 0.3) is 21.5 Å². The first-order valence-electron chi connectivity index (χ1n) is 8.79. The number of nitrogens with zero attached hydrogens (tertiary/aromatic N) is 1. The lowest BCUT2D eigenvalue weighted by molar-refractivity contribution is 0.252. The van der Waals surface area contributed by atoms with Crippen LogP contribution in [0.15, 0.2) is 46.9 Å². The lowest BCUT2D eigenvalue weighted by Gasteiger charge is -2.18. The number of hydrogen-bond acceptors (Lipinski definition) is 2. The Morgan fingerprint density at radius 3 is 2.52 bits per heavy atom. The van der Waals surface area contributed by atoms with Gasteiger partial charge in [-0.2, -0.15) is 0 Å². The first-order chi connectivity index (χ1) is 12.1. The van der Waals surface area contributed by atoms with E-state index in [2.05, 4.69) is 65.0 Å². The summed E-state index contributed by atoms with van der Waals surface area (Å²) in [7, 11) is 0. The third-order valence-electron chi connectivity index (χ3n) is 4.59. The molecule has 132 valence electrons. The molecular formula is C21H23BrClNO. The van der Waals surface area contributed by atoms with Crippen LogP contribution in [0.1, 0.15) is 20.3 Å². The van der Waals surface area contributed by atoms with Gasteiger partial charge in [-0.1, -0.05) is 47.4 Å². The fraction of sp³-hybridized carbons (Fsp3) is 0.333. The minimum atomic E-state index is 0.702. The second-order valence-electron chi connectivity index (χ2n) is 6.17. The Morgan fingerprint density at radius 2 is 1.76 bits per heavy atom. The standard InChI is InChI=1S/C21H23BrClNO/c1-3-24(4-2)10-5-11-25-21-19-9-7-17(22)13-16(19)12-15-6-8-18(23)14-20(15)21/h6-9,12-14H,3-5,10-11H2,1-2H3. The molecule has 0 amide bonds. The van der Waals surface area contributed by atoms with Gasteiger partial charge in [0.2, 0.25) is 0 Å². The van der Waals surface area contributed by atoms with E-state index in [4.69, 9.17) is 16.3 Å². The Hall–Kier alpha value is -1.29. The highest BCUT2D eigenvalue weighted by Gasteiger charge is 2.10. The Balaban J connectivity index is 1.93. The number of hydrogen-bond donors (Lipinski definition) is 0. The zero-order valence-corrected chi connectivity index (χ0v) is 17.0. The normalized spacial score (nSPS) is 11.6. The van der Waals surface area contributed by atoms with Gasteiger partial charge in [0.25, 0.3) is 0 Å². The van der Waals surface area contributed by atoms with Crippen molar-refractivity contribution in [1.29, 1.82) is 0 Å². The lowest BCUT2D eigenvalue weighted by atomic mass is 10.0. The van der Waals surface area contributed by atoms with Gasteiger partial charge < -0.3 is 9.64 Å². The molecule has 0 fully saturated rings. The van der Waals surface area contributed by atoms with Gasteiger partial charge >= 0.3 is 0 Å². The fourth-order valence-electron chi connectivity index (χ4n) is 3.18. The molecule has 2 nitrogen and oxygen atoms in total. The second kappa shape index (κ2) is 8.39. The molecule has 4 heteroatoms. The molecule has 0 saturated carbocycles. The van der Waals surface area contributed by atoms with E-state index in [1.807, 2.05) is 12.1 Å². The van der Waals surface area contributed by atoms with Crippen LogP contribution in [0.3, 0.4) is 0 Å². The zero-order valence-electron chi connectivity index (χ0n) is 14.7. The molecule has 3 aromatic rings. The van der Waals surface area contributed by atoms with Crippen molar-refractivity contribution in [2.45, 2.75) is 20.3 Å². The van der Waals surface area contributed by atoms with E-state index < -0.39 is 0 Å². The summed E-state index contributed by atoms with van der Waals surface area (Å²) in [6, 6.07) is 14.5. The van der Waals surface area contributed by atoms with Crippen molar-refractivity contribution in [1.82, 2.24) is 4.90 Å². The van der Waals surface area contributed by atoms with Crippen molar-refractivity contribution in [2.24, 2.45) is 0 Å². The molecule has 0 aliphatic carbocycles. The van der Waals surface area contributed by atoms with Crippen molar-refractivity contribution < 1.29 is 4.74 Å².